The third-order valence-electron chi connectivity index (χ3n) is 4.25. The van der Waals surface area contributed by atoms with Crippen molar-refractivity contribution < 1.29 is 18.3 Å². The molecule has 0 radical (unpaired) electrons. The van der Waals surface area contributed by atoms with Crippen molar-refractivity contribution in [2.45, 2.75) is 12.3 Å². The van der Waals surface area contributed by atoms with E-state index in [9.17, 15) is 8.78 Å². The van der Waals surface area contributed by atoms with E-state index in [0.29, 0.717) is 22.6 Å². The highest BCUT2D eigenvalue weighted by Crippen LogP contribution is 2.33. The first-order valence-electron chi connectivity index (χ1n) is 7.93. The van der Waals surface area contributed by atoms with Crippen LogP contribution in [0.3, 0.4) is 0 Å². The maximum Gasteiger partial charge on any atom is 0.319 e. The molecule has 0 N–H and O–H groups in total. The Labute approximate surface area is 147 Å². The van der Waals surface area contributed by atoms with Crippen molar-refractivity contribution in [2.24, 2.45) is 0 Å². The Kier molecular flexibility index (Phi) is 4.02. The van der Waals surface area contributed by atoms with Gasteiger partial charge in [-0.1, -0.05) is 0 Å². The molecular weight excluding hydrogens is 346 g/mol. The summed E-state index contributed by atoms with van der Waals surface area (Å²) >= 11 is 0. The monoisotopic (exact) mass is 362 g/mol. The van der Waals surface area contributed by atoms with Crippen molar-refractivity contribution in [1.82, 2.24) is 24.6 Å². The number of ether oxygens (including phenoxy) is 2. The molecule has 4 heterocycles. The van der Waals surface area contributed by atoms with Crippen LogP contribution in [0.1, 0.15) is 0 Å². The zero-order chi connectivity index (χ0) is 18.3. The number of hydrogen-bond acceptors (Lipinski definition) is 7. The van der Waals surface area contributed by atoms with Gasteiger partial charge in [0.25, 0.3) is 0 Å². The third kappa shape index (κ3) is 2.67. The first kappa shape index (κ1) is 16.4. The van der Waals surface area contributed by atoms with Crippen LogP contribution < -0.4 is 14.4 Å². The molecule has 136 valence electrons. The molecule has 0 amide bonds. The highest BCUT2D eigenvalue weighted by Gasteiger charge is 2.34. The van der Waals surface area contributed by atoms with Crippen LogP contribution in [0.4, 0.5) is 14.5 Å². The molecule has 1 aliphatic rings. The summed E-state index contributed by atoms with van der Waals surface area (Å²) in [4.78, 5) is 14.1. The molecule has 0 bridgehead atoms. The summed E-state index contributed by atoms with van der Waals surface area (Å²) in [5, 5.41) is 4.48. The average molecular weight is 362 g/mol. The van der Waals surface area contributed by atoms with Gasteiger partial charge in [0.2, 0.25) is 5.88 Å². The molecular formula is C16H16F2N6O2. The maximum atomic E-state index is 13.7. The van der Waals surface area contributed by atoms with Gasteiger partial charge in [-0.2, -0.15) is 10.1 Å². The lowest BCUT2D eigenvalue weighted by Crippen LogP contribution is -2.21. The Morgan fingerprint density at radius 3 is 2.58 bits per heavy atom. The van der Waals surface area contributed by atoms with Crippen LogP contribution in [0.5, 0.6) is 11.9 Å². The number of imidazole rings is 1. The summed E-state index contributed by atoms with van der Waals surface area (Å²) in [5.41, 5.74) is 2.12. The van der Waals surface area contributed by atoms with E-state index in [-0.39, 0.29) is 25.0 Å². The predicted octanol–water partition coefficient (Wildman–Crippen LogP) is 1.70. The van der Waals surface area contributed by atoms with Crippen molar-refractivity contribution in [1.29, 1.82) is 0 Å². The third-order valence-corrected chi connectivity index (χ3v) is 4.25. The molecule has 0 aromatic carbocycles. The fraction of sp³-hybridized carbons (Fsp3) is 0.375. The van der Waals surface area contributed by atoms with Crippen LogP contribution in [-0.4, -0.2) is 64.2 Å². The summed E-state index contributed by atoms with van der Waals surface area (Å²) < 4.78 is 39.2. The largest absolute Gasteiger partial charge is 0.480 e. The van der Waals surface area contributed by atoms with E-state index in [1.165, 1.54) is 20.4 Å². The topological polar surface area (TPSA) is 77.7 Å². The number of anilines is 1. The van der Waals surface area contributed by atoms with E-state index < -0.39 is 12.3 Å². The Hall–Kier alpha value is -3.04. The summed E-state index contributed by atoms with van der Waals surface area (Å²) in [5.74, 6) is 0.280. The van der Waals surface area contributed by atoms with Crippen LogP contribution in [0, 0.1) is 0 Å². The Balaban J connectivity index is 1.85. The van der Waals surface area contributed by atoms with Gasteiger partial charge in [-0.25, -0.2) is 23.3 Å². The fourth-order valence-electron chi connectivity index (χ4n) is 2.97. The van der Waals surface area contributed by atoms with E-state index >= 15 is 0 Å². The molecule has 1 saturated heterocycles. The predicted molar refractivity (Wildman–Crippen MR) is 89.1 cm³/mol. The molecule has 0 aliphatic carbocycles. The Morgan fingerprint density at radius 2 is 1.88 bits per heavy atom. The number of alkyl halides is 2. The highest BCUT2D eigenvalue weighted by atomic mass is 19.2. The summed E-state index contributed by atoms with van der Waals surface area (Å²) in [6, 6.07) is 1.87. The number of hydrogen-bond donors (Lipinski definition) is 0. The molecule has 3 aromatic rings. The number of fused-ring (bicyclic) bond motifs is 1. The van der Waals surface area contributed by atoms with Gasteiger partial charge in [0.15, 0.2) is 18.0 Å². The number of nitrogens with zero attached hydrogens (tertiary/aromatic N) is 6. The van der Waals surface area contributed by atoms with Crippen molar-refractivity contribution in [3.8, 4) is 23.1 Å². The molecule has 10 heteroatoms. The fourth-order valence-corrected chi connectivity index (χ4v) is 2.97. The average Bonchev–Trinajstić information content (AvgIpc) is 3.26. The van der Waals surface area contributed by atoms with E-state index in [4.69, 9.17) is 9.47 Å². The lowest BCUT2D eigenvalue weighted by atomic mass is 10.2. The molecule has 0 saturated carbocycles. The molecule has 1 aliphatic heterocycles. The van der Waals surface area contributed by atoms with Gasteiger partial charge in [-0.05, 0) is 6.07 Å². The van der Waals surface area contributed by atoms with Gasteiger partial charge in [0.1, 0.15) is 5.69 Å². The normalized spacial score (nSPS) is 19.9. The zero-order valence-electron chi connectivity index (χ0n) is 14.1. The molecule has 2 atom stereocenters. The second-order valence-corrected chi connectivity index (χ2v) is 5.83. The first-order valence-corrected chi connectivity index (χ1v) is 7.93. The van der Waals surface area contributed by atoms with Crippen LogP contribution in [0.25, 0.3) is 16.9 Å². The van der Waals surface area contributed by atoms with Crippen LogP contribution in [0.15, 0.2) is 24.7 Å². The summed E-state index contributed by atoms with van der Waals surface area (Å²) in [6.07, 6.45) is 1.71. The van der Waals surface area contributed by atoms with E-state index in [1.54, 1.807) is 27.9 Å². The maximum absolute atomic E-state index is 13.7. The van der Waals surface area contributed by atoms with Gasteiger partial charge in [0.05, 0.1) is 38.6 Å². The summed E-state index contributed by atoms with van der Waals surface area (Å²) in [7, 11) is 2.93. The minimum Gasteiger partial charge on any atom is -0.480 e. The van der Waals surface area contributed by atoms with Gasteiger partial charge in [-0.3, -0.25) is 0 Å². The second-order valence-electron chi connectivity index (χ2n) is 5.83. The minimum absolute atomic E-state index is 0.0383. The Bertz CT molecular complexity index is 940. The van der Waals surface area contributed by atoms with Gasteiger partial charge >= 0.3 is 6.01 Å². The SMILES string of the molecule is COc1ncc(-c2cc(N3C[C@@H](F)[C@@H](F)C3)c3nccn3n2)c(OC)n1. The van der Waals surface area contributed by atoms with Crippen molar-refractivity contribution >= 4 is 11.3 Å². The summed E-state index contributed by atoms with van der Waals surface area (Å²) in [6.45, 7) is -0.0766. The number of methoxy groups -OCH3 is 2. The lowest BCUT2D eigenvalue weighted by Gasteiger charge is -2.19. The molecule has 0 unspecified atom stereocenters. The lowest BCUT2D eigenvalue weighted by molar-refractivity contribution is 0.217. The first-order chi connectivity index (χ1) is 12.6. The van der Waals surface area contributed by atoms with Gasteiger partial charge < -0.3 is 14.4 Å². The number of aromatic nitrogens is 5. The van der Waals surface area contributed by atoms with E-state index in [0.717, 1.165) is 0 Å². The van der Waals surface area contributed by atoms with Gasteiger partial charge in [0, 0.05) is 18.6 Å². The van der Waals surface area contributed by atoms with Crippen molar-refractivity contribution in [3.63, 3.8) is 0 Å². The second kappa shape index (κ2) is 6.36. The minimum atomic E-state index is -1.53. The van der Waals surface area contributed by atoms with E-state index in [1.807, 2.05) is 0 Å². The standard InChI is InChI=1S/C16H16F2N6O2/c1-25-15-9(6-20-16(21-15)26-2)12-5-13(14-19-3-4-24(14)22-12)23-7-10(17)11(18)8-23/h3-6,10-11H,7-8H2,1-2H3/t10-,11+. The molecule has 1 fully saturated rings. The number of rotatable bonds is 4. The van der Waals surface area contributed by atoms with Crippen molar-refractivity contribution in [3.05, 3.63) is 24.7 Å². The number of halogens is 2. The van der Waals surface area contributed by atoms with Crippen LogP contribution in [0.2, 0.25) is 0 Å². The van der Waals surface area contributed by atoms with Gasteiger partial charge in [-0.15, -0.1) is 0 Å². The molecule has 3 aromatic heterocycles. The smallest absolute Gasteiger partial charge is 0.319 e. The van der Waals surface area contributed by atoms with Crippen molar-refractivity contribution in [2.75, 3.05) is 32.2 Å². The molecule has 0 spiro atoms. The molecule has 26 heavy (non-hydrogen) atoms. The van der Waals surface area contributed by atoms with E-state index in [2.05, 4.69) is 20.1 Å². The van der Waals surface area contributed by atoms with Crippen LogP contribution >= 0.6 is 0 Å². The Morgan fingerprint density at radius 1 is 1.12 bits per heavy atom. The zero-order valence-corrected chi connectivity index (χ0v) is 14.1. The quantitative estimate of drug-likeness (QED) is 0.699. The molecule has 4 rings (SSSR count). The van der Waals surface area contributed by atoms with Crippen LogP contribution in [-0.2, 0) is 0 Å². The highest BCUT2D eigenvalue weighted by molar-refractivity contribution is 5.76. The molecule has 8 nitrogen and oxygen atoms in total.